The van der Waals surface area contributed by atoms with Crippen LogP contribution in [0.4, 0.5) is 0 Å². The Hall–Kier alpha value is -1.47. The topological polar surface area (TPSA) is 115 Å². The molecule has 3 N–H and O–H groups in total. The summed E-state index contributed by atoms with van der Waals surface area (Å²) >= 11 is 0. The zero-order valence-corrected chi connectivity index (χ0v) is 8.21. The molecule has 0 spiro atoms. The molecule has 0 aromatic rings. The van der Waals surface area contributed by atoms with E-state index in [4.69, 9.17) is 15.4 Å². The standard InChI is InChI=1S/C4H5NO3.C4H8O3/c6-3-1-2-4(7)5(3)8;1-2-3(5)4(6)7/h8H,1-2H2;3,5H,2H2,1H3,(H,6,7). The van der Waals surface area contributed by atoms with Crippen LogP contribution < -0.4 is 0 Å². The number of hydrogen-bond donors (Lipinski definition) is 3. The summed E-state index contributed by atoms with van der Waals surface area (Å²) in [5.41, 5.74) is 0. The lowest BCUT2D eigenvalue weighted by molar-refractivity contribution is -0.171. The monoisotopic (exact) mass is 219 g/mol. The first-order valence-electron chi connectivity index (χ1n) is 4.35. The Morgan fingerprint density at radius 3 is 1.87 bits per heavy atom. The van der Waals surface area contributed by atoms with Crippen molar-refractivity contribution in [2.45, 2.75) is 32.3 Å². The van der Waals surface area contributed by atoms with Crippen LogP contribution in [0.15, 0.2) is 0 Å². The van der Waals surface area contributed by atoms with Gasteiger partial charge in [-0.25, -0.2) is 4.79 Å². The van der Waals surface area contributed by atoms with Crippen molar-refractivity contribution in [1.82, 2.24) is 5.06 Å². The normalized spacial score (nSPS) is 17.1. The zero-order valence-electron chi connectivity index (χ0n) is 8.21. The molecule has 1 saturated heterocycles. The first kappa shape index (κ1) is 13.5. The Morgan fingerprint density at radius 1 is 1.40 bits per heavy atom. The van der Waals surface area contributed by atoms with Gasteiger partial charge in [0.15, 0.2) is 6.10 Å². The summed E-state index contributed by atoms with van der Waals surface area (Å²) in [5.74, 6) is -2.16. The van der Waals surface area contributed by atoms with E-state index in [9.17, 15) is 14.4 Å². The zero-order chi connectivity index (χ0) is 12.0. The number of carbonyl (C=O) groups excluding carboxylic acids is 2. The second-order valence-corrected chi connectivity index (χ2v) is 2.86. The molecule has 0 aliphatic carbocycles. The molecule has 0 radical (unpaired) electrons. The summed E-state index contributed by atoms with van der Waals surface area (Å²) in [7, 11) is 0. The quantitative estimate of drug-likeness (QED) is 0.420. The largest absolute Gasteiger partial charge is 0.479 e. The van der Waals surface area contributed by atoms with Crippen molar-refractivity contribution < 1.29 is 29.8 Å². The number of hydrogen-bond acceptors (Lipinski definition) is 5. The number of hydroxylamine groups is 2. The molecular weight excluding hydrogens is 206 g/mol. The second kappa shape index (κ2) is 6.10. The Kier molecular flexibility index (Phi) is 5.50. The van der Waals surface area contributed by atoms with E-state index in [1.165, 1.54) is 0 Å². The van der Waals surface area contributed by atoms with Gasteiger partial charge in [-0.15, -0.1) is 0 Å². The molecule has 1 atom stereocenters. The maximum absolute atomic E-state index is 10.2. The first-order valence-corrected chi connectivity index (χ1v) is 4.35. The lowest BCUT2D eigenvalue weighted by Crippen LogP contribution is -2.24. The van der Waals surface area contributed by atoms with Crippen LogP contribution in [0.25, 0.3) is 0 Å². The van der Waals surface area contributed by atoms with Crippen LogP contribution >= 0.6 is 0 Å². The number of aliphatic hydroxyl groups is 1. The SMILES string of the molecule is CCC(O)C(=O)O.O=C1CCC(=O)N1O. The van der Waals surface area contributed by atoms with E-state index in [2.05, 4.69) is 0 Å². The molecule has 2 amide bonds. The van der Waals surface area contributed by atoms with Crippen molar-refractivity contribution in [3.63, 3.8) is 0 Å². The summed E-state index contributed by atoms with van der Waals surface area (Å²) < 4.78 is 0. The average Bonchev–Trinajstić information content (AvgIpc) is 2.49. The van der Waals surface area contributed by atoms with Gasteiger partial charge in [0.05, 0.1) is 0 Å². The van der Waals surface area contributed by atoms with Crippen LogP contribution in [0.3, 0.4) is 0 Å². The molecule has 0 aromatic carbocycles. The maximum atomic E-state index is 10.2. The third-order valence-electron chi connectivity index (χ3n) is 1.70. The van der Waals surface area contributed by atoms with Gasteiger partial charge >= 0.3 is 5.97 Å². The smallest absolute Gasteiger partial charge is 0.332 e. The Labute approximate surface area is 85.9 Å². The van der Waals surface area contributed by atoms with E-state index in [0.29, 0.717) is 0 Å². The van der Waals surface area contributed by atoms with Crippen molar-refractivity contribution in [3.8, 4) is 0 Å². The third-order valence-corrected chi connectivity index (χ3v) is 1.70. The lowest BCUT2D eigenvalue weighted by atomic mass is 10.3. The average molecular weight is 219 g/mol. The van der Waals surface area contributed by atoms with Crippen LogP contribution in [0, 0.1) is 0 Å². The van der Waals surface area contributed by atoms with Gasteiger partial charge in [-0.3, -0.25) is 14.8 Å². The predicted molar refractivity (Wildman–Crippen MR) is 46.8 cm³/mol. The van der Waals surface area contributed by atoms with Crippen molar-refractivity contribution in [2.75, 3.05) is 0 Å². The molecule has 15 heavy (non-hydrogen) atoms. The molecule has 1 heterocycles. The van der Waals surface area contributed by atoms with Gasteiger partial charge in [0, 0.05) is 12.8 Å². The molecule has 1 aliphatic heterocycles. The van der Waals surface area contributed by atoms with Crippen molar-refractivity contribution in [2.24, 2.45) is 0 Å². The van der Waals surface area contributed by atoms with Gasteiger partial charge < -0.3 is 10.2 Å². The first-order chi connectivity index (χ1) is 6.90. The highest BCUT2D eigenvalue weighted by Crippen LogP contribution is 2.06. The molecule has 1 aliphatic rings. The predicted octanol–water partition coefficient (Wildman–Crippen LogP) is -0.634. The summed E-state index contributed by atoms with van der Waals surface area (Å²) in [6, 6.07) is 0. The van der Waals surface area contributed by atoms with Crippen molar-refractivity contribution in [3.05, 3.63) is 0 Å². The van der Waals surface area contributed by atoms with Crippen LogP contribution in [0.2, 0.25) is 0 Å². The number of carboxylic acids is 1. The molecule has 1 fully saturated rings. The Morgan fingerprint density at radius 2 is 1.80 bits per heavy atom. The van der Waals surface area contributed by atoms with E-state index in [1.54, 1.807) is 6.92 Å². The van der Waals surface area contributed by atoms with E-state index in [-0.39, 0.29) is 24.3 Å². The van der Waals surface area contributed by atoms with Crippen molar-refractivity contribution in [1.29, 1.82) is 0 Å². The Balaban J connectivity index is 0.000000265. The van der Waals surface area contributed by atoms with Gasteiger partial charge in [-0.05, 0) is 6.42 Å². The summed E-state index contributed by atoms with van der Waals surface area (Å²) in [5, 5.41) is 24.8. The van der Waals surface area contributed by atoms with E-state index < -0.39 is 23.9 Å². The minimum Gasteiger partial charge on any atom is -0.479 e. The maximum Gasteiger partial charge on any atom is 0.332 e. The van der Waals surface area contributed by atoms with Crippen LogP contribution in [-0.2, 0) is 14.4 Å². The van der Waals surface area contributed by atoms with E-state index in [0.717, 1.165) is 0 Å². The van der Waals surface area contributed by atoms with Gasteiger partial charge in [0.1, 0.15) is 0 Å². The number of carbonyl (C=O) groups is 3. The summed E-state index contributed by atoms with van der Waals surface area (Å²) in [4.78, 5) is 30.2. The van der Waals surface area contributed by atoms with Crippen LogP contribution in [0.1, 0.15) is 26.2 Å². The van der Waals surface area contributed by atoms with E-state index in [1.807, 2.05) is 0 Å². The van der Waals surface area contributed by atoms with Gasteiger partial charge in [-0.1, -0.05) is 6.92 Å². The number of nitrogens with zero attached hydrogens (tertiary/aromatic N) is 1. The molecular formula is C8H13NO6. The fourth-order valence-corrected chi connectivity index (χ4v) is 0.739. The second-order valence-electron chi connectivity index (χ2n) is 2.86. The highest BCUT2D eigenvalue weighted by Gasteiger charge is 2.26. The molecule has 7 nitrogen and oxygen atoms in total. The minimum absolute atomic E-state index is 0.148. The molecule has 7 heteroatoms. The highest BCUT2D eigenvalue weighted by molar-refractivity contribution is 6.00. The molecule has 0 bridgehead atoms. The molecule has 1 rings (SSSR count). The van der Waals surface area contributed by atoms with Gasteiger partial charge in [0.2, 0.25) is 0 Å². The highest BCUT2D eigenvalue weighted by atomic mass is 16.5. The van der Waals surface area contributed by atoms with E-state index >= 15 is 0 Å². The number of amides is 2. The lowest BCUT2D eigenvalue weighted by Gasteiger charge is -1.98. The summed E-state index contributed by atoms with van der Waals surface area (Å²) in [6.45, 7) is 1.61. The van der Waals surface area contributed by atoms with Crippen LogP contribution in [-0.4, -0.2) is 44.4 Å². The van der Waals surface area contributed by atoms with Crippen molar-refractivity contribution >= 4 is 17.8 Å². The van der Waals surface area contributed by atoms with Gasteiger partial charge in [-0.2, -0.15) is 5.06 Å². The number of carboxylic acid groups (broad SMARTS) is 1. The number of rotatable bonds is 2. The fraction of sp³-hybridized carbons (Fsp3) is 0.625. The molecule has 0 aromatic heterocycles. The molecule has 0 saturated carbocycles. The summed E-state index contributed by atoms with van der Waals surface area (Å²) in [6.07, 6.45) is -0.611. The Bertz CT molecular complexity index is 248. The van der Waals surface area contributed by atoms with Crippen LogP contribution in [0.5, 0.6) is 0 Å². The third kappa shape index (κ3) is 4.52. The molecule has 1 unspecified atom stereocenters. The number of aliphatic hydroxyl groups excluding tert-OH is 1. The number of imide groups is 1. The number of aliphatic carboxylic acids is 1. The molecule has 86 valence electrons. The fourth-order valence-electron chi connectivity index (χ4n) is 0.739. The van der Waals surface area contributed by atoms with Gasteiger partial charge in [0.25, 0.3) is 11.8 Å². The minimum atomic E-state index is -1.18.